The molecule has 0 aromatic heterocycles. The minimum absolute atomic E-state index is 0.109. The lowest BCUT2D eigenvalue weighted by molar-refractivity contribution is -0.0877. The van der Waals surface area contributed by atoms with Crippen LogP contribution in [0, 0.1) is 0 Å². The molecular weight excluding hydrogens is 188 g/mol. The molecule has 3 heteroatoms. The van der Waals surface area contributed by atoms with Gasteiger partial charge in [0, 0.05) is 30.2 Å². The van der Waals surface area contributed by atoms with E-state index in [-0.39, 0.29) is 23.7 Å². The fourth-order valence-corrected chi connectivity index (χ4v) is 3.33. The van der Waals surface area contributed by atoms with Crippen LogP contribution in [0.5, 0.6) is 0 Å². The standard InChI is InChI=1S/C12H26N2O/c1-11(2,3)14-10(8-15)7-13(6)9-12(14,4)5/h10,15H,7-9H2,1-6H3. The monoisotopic (exact) mass is 214 g/mol. The first-order valence-electron chi connectivity index (χ1n) is 5.77. The molecule has 1 aliphatic rings. The number of hydrogen-bond acceptors (Lipinski definition) is 3. The Morgan fingerprint density at radius 3 is 2.27 bits per heavy atom. The normalized spacial score (nSPS) is 29.4. The van der Waals surface area contributed by atoms with Crippen LogP contribution in [-0.4, -0.2) is 58.8 Å². The molecule has 1 N–H and O–H groups in total. The second-order valence-electron chi connectivity index (χ2n) is 6.39. The molecule has 1 aliphatic heterocycles. The average Bonchev–Trinajstić information content (AvgIpc) is 1.97. The molecule has 15 heavy (non-hydrogen) atoms. The molecule has 1 fully saturated rings. The quantitative estimate of drug-likeness (QED) is 0.710. The second kappa shape index (κ2) is 4.04. The van der Waals surface area contributed by atoms with Crippen LogP contribution in [-0.2, 0) is 0 Å². The number of piperazine rings is 1. The van der Waals surface area contributed by atoms with Crippen molar-refractivity contribution >= 4 is 0 Å². The summed E-state index contributed by atoms with van der Waals surface area (Å²) < 4.78 is 0. The largest absolute Gasteiger partial charge is 0.395 e. The first-order chi connectivity index (χ1) is 6.68. The second-order valence-corrected chi connectivity index (χ2v) is 6.39. The van der Waals surface area contributed by atoms with Crippen LogP contribution < -0.4 is 0 Å². The van der Waals surface area contributed by atoms with E-state index in [0.29, 0.717) is 0 Å². The molecule has 1 saturated heterocycles. The van der Waals surface area contributed by atoms with E-state index >= 15 is 0 Å². The van der Waals surface area contributed by atoms with Crippen molar-refractivity contribution in [1.29, 1.82) is 0 Å². The lowest BCUT2D eigenvalue weighted by atomic mass is 9.88. The van der Waals surface area contributed by atoms with E-state index in [9.17, 15) is 5.11 Å². The Kier molecular flexibility index (Phi) is 3.49. The zero-order valence-corrected chi connectivity index (χ0v) is 11.0. The van der Waals surface area contributed by atoms with Gasteiger partial charge in [-0.15, -0.1) is 0 Å². The number of likely N-dealkylation sites (N-methyl/N-ethyl adjacent to an activating group) is 1. The van der Waals surface area contributed by atoms with E-state index in [0.717, 1.165) is 13.1 Å². The Morgan fingerprint density at radius 1 is 1.33 bits per heavy atom. The van der Waals surface area contributed by atoms with Crippen molar-refractivity contribution in [3.63, 3.8) is 0 Å². The number of aliphatic hydroxyl groups is 1. The molecule has 0 amide bonds. The predicted molar refractivity (Wildman–Crippen MR) is 64.0 cm³/mol. The van der Waals surface area contributed by atoms with Gasteiger partial charge in [-0.25, -0.2) is 0 Å². The molecule has 3 nitrogen and oxygen atoms in total. The van der Waals surface area contributed by atoms with Gasteiger partial charge in [-0.2, -0.15) is 0 Å². The van der Waals surface area contributed by atoms with Crippen LogP contribution in [0.15, 0.2) is 0 Å². The summed E-state index contributed by atoms with van der Waals surface area (Å²) in [7, 11) is 2.13. The van der Waals surface area contributed by atoms with Crippen LogP contribution in [0.4, 0.5) is 0 Å². The van der Waals surface area contributed by atoms with Crippen molar-refractivity contribution in [1.82, 2.24) is 9.80 Å². The van der Waals surface area contributed by atoms with Crippen molar-refractivity contribution in [3.05, 3.63) is 0 Å². The highest BCUT2D eigenvalue weighted by atomic mass is 16.3. The molecule has 1 rings (SSSR count). The highest BCUT2D eigenvalue weighted by Gasteiger charge is 2.43. The topological polar surface area (TPSA) is 26.7 Å². The van der Waals surface area contributed by atoms with E-state index in [1.807, 2.05) is 0 Å². The summed E-state index contributed by atoms with van der Waals surface area (Å²) in [6.07, 6.45) is 0. The smallest absolute Gasteiger partial charge is 0.0599 e. The fraction of sp³-hybridized carbons (Fsp3) is 1.00. The number of nitrogens with zero attached hydrogens (tertiary/aromatic N) is 2. The maximum absolute atomic E-state index is 9.51. The Labute approximate surface area is 94.1 Å². The summed E-state index contributed by atoms with van der Waals surface area (Å²) in [5, 5.41) is 9.51. The maximum Gasteiger partial charge on any atom is 0.0599 e. The van der Waals surface area contributed by atoms with Crippen LogP contribution in [0.25, 0.3) is 0 Å². The zero-order chi connectivity index (χ0) is 11.9. The van der Waals surface area contributed by atoms with Gasteiger partial charge in [0.2, 0.25) is 0 Å². The van der Waals surface area contributed by atoms with Crippen molar-refractivity contribution in [2.24, 2.45) is 0 Å². The molecule has 1 heterocycles. The van der Waals surface area contributed by atoms with E-state index < -0.39 is 0 Å². The van der Waals surface area contributed by atoms with Gasteiger partial charge in [0.15, 0.2) is 0 Å². The lowest BCUT2D eigenvalue weighted by Crippen LogP contribution is -2.69. The van der Waals surface area contributed by atoms with Crippen molar-refractivity contribution in [3.8, 4) is 0 Å². The third-order valence-corrected chi connectivity index (χ3v) is 3.13. The van der Waals surface area contributed by atoms with Crippen LogP contribution in [0.2, 0.25) is 0 Å². The molecule has 0 radical (unpaired) electrons. The minimum Gasteiger partial charge on any atom is -0.395 e. The van der Waals surface area contributed by atoms with Gasteiger partial charge >= 0.3 is 0 Å². The van der Waals surface area contributed by atoms with Gasteiger partial charge in [0.25, 0.3) is 0 Å². The Bertz CT molecular complexity index is 220. The third-order valence-electron chi connectivity index (χ3n) is 3.13. The molecule has 0 bridgehead atoms. The molecule has 0 aromatic carbocycles. The summed E-state index contributed by atoms with van der Waals surface area (Å²) in [6.45, 7) is 13.4. The summed E-state index contributed by atoms with van der Waals surface area (Å²) in [6, 6.07) is 0.249. The molecule has 90 valence electrons. The minimum atomic E-state index is 0.109. The van der Waals surface area contributed by atoms with Gasteiger partial charge in [-0.05, 0) is 41.7 Å². The van der Waals surface area contributed by atoms with E-state index in [1.54, 1.807) is 0 Å². The van der Waals surface area contributed by atoms with Gasteiger partial charge < -0.3 is 10.0 Å². The lowest BCUT2D eigenvalue weighted by Gasteiger charge is -2.56. The first kappa shape index (κ1) is 12.9. The van der Waals surface area contributed by atoms with Crippen molar-refractivity contribution < 1.29 is 5.11 Å². The zero-order valence-electron chi connectivity index (χ0n) is 11.0. The van der Waals surface area contributed by atoms with Gasteiger partial charge in [0.1, 0.15) is 0 Å². The summed E-state index contributed by atoms with van der Waals surface area (Å²) in [4.78, 5) is 4.77. The van der Waals surface area contributed by atoms with E-state index in [2.05, 4.69) is 51.5 Å². The Hall–Kier alpha value is -0.120. The highest BCUT2D eigenvalue weighted by molar-refractivity contribution is 5.00. The summed E-state index contributed by atoms with van der Waals surface area (Å²) in [5.41, 5.74) is 0.233. The van der Waals surface area contributed by atoms with E-state index in [1.165, 1.54) is 0 Å². The van der Waals surface area contributed by atoms with Crippen LogP contribution in [0.3, 0.4) is 0 Å². The van der Waals surface area contributed by atoms with Gasteiger partial charge in [-0.1, -0.05) is 0 Å². The first-order valence-corrected chi connectivity index (χ1v) is 5.77. The summed E-state index contributed by atoms with van der Waals surface area (Å²) in [5.74, 6) is 0. The molecule has 0 saturated carbocycles. The SMILES string of the molecule is CN1CC(CO)N(C(C)(C)C)C(C)(C)C1. The molecule has 0 aliphatic carbocycles. The number of aliphatic hydroxyl groups excluding tert-OH is 1. The Morgan fingerprint density at radius 2 is 1.87 bits per heavy atom. The van der Waals surface area contributed by atoms with Crippen LogP contribution in [0.1, 0.15) is 34.6 Å². The molecule has 1 atom stereocenters. The number of hydrogen-bond donors (Lipinski definition) is 1. The fourth-order valence-electron chi connectivity index (χ4n) is 3.33. The highest BCUT2D eigenvalue weighted by Crippen LogP contribution is 2.31. The van der Waals surface area contributed by atoms with E-state index in [4.69, 9.17) is 0 Å². The van der Waals surface area contributed by atoms with Crippen molar-refractivity contribution in [2.75, 3.05) is 26.7 Å². The third kappa shape index (κ3) is 2.71. The van der Waals surface area contributed by atoms with Crippen molar-refractivity contribution in [2.45, 2.75) is 51.7 Å². The molecule has 1 unspecified atom stereocenters. The van der Waals surface area contributed by atoms with Gasteiger partial charge in [0.05, 0.1) is 6.61 Å². The Balaban J connectivity index is 2.96. The van der Waals surface area contributed by atoms with Gasteiger partial charge in [-0.3, -0.25) is 4.90 Å². The molecule has 0 aromatic rings. The average molecular weight is 214 g/mol. The molecular formula is C12H26N2O. The summed E-state index contributed by atoms with van der Waals surface area (Å²) >= 11 is 0. The number of rotatable bonds is 1. The maximum atomic E-state index is 9.51. The predicted octanol–water partition coefficient (Wildman–Crippen LogP) is 1.17. The van der Waals surface area contributed by atoms with Crippen LogP contribution >= 0.6 is 0 Å². The molecule has 0 spiro atoms.